The molecule has 0 saturated carbocycles. The van der Waals surface area contributed by atoms with Crippen LogP contribution in [0.15, 0.2) is 6.07 Å². The second-order valence-electron chi connectivity index (χ2n) is 5.85. The largest absolute Gasteiger partial charge is 0.493 e. The standard InChI is InChI=1S/C17H28ClNO/c1-6-9-20-15-10-12(3)17(18)14(5)16(15)11(2)7-8-13(4)19/h10-11,13H,6-9,19H2,1-5H3. The molecule has 0 fully saturated rings. The van der Waals surface area contributed by atoms with Crippen LogP contribution in [-0.4, -0.2) is 12.6 Å². The number of halogens is 1. The predicted molar refractivity (Wildman–Crippen MR) is 88.0 cm³/mol. The van der Waals surface area contributed by atoms with Crippen molar-refractivity contribution in [3.8, 4) is 5.75 Å². The summed E-state index contributed by atoms with van der Waals surface area (Å²) in [6.45, 7) is 11.3. The second kappa shape index (κ2) is 7.90. The maximum absolute atomic E-state index is 6.42. The van der Waals surface area contributed by atoms with Gasteiger partial charge in [-0.25, -0.2) is 0 Å². The van der Waals surface area contributed by atoms with Gasteiger partial charge in [0.15, 0.2) is 0 Å². The Labute approximate surface area is 128 Å². The van der Waals surface area contributed by atoms with E-state index < -0.39 is 0 Å². The van der Waals surface area contributed by atoms with Crippen molar-refractivity contribution in [1.82, 2.24) is 0 Å². The maximum atomic E-state index is 6.42. The summed E-state index contributed by atoms with van der Waals surface area (Å²) >= 11 is 6.42. The normalized spacial score (nSPS) is 14.2. The quantitative estimate of drug-likeness (QED) is 0.770. The molecule has 0 aliphatic heterocycles. The van der Waals surface area contributed by atoms with Gasteiger partial charge >= 0.3 is 0 Å². The lowest BCUT2D eigenvalue weighted by Gasteiger charge is -2.22. The Bertz CT molecular complexity index is 443. The average Bonchev–Trinajstić information content (AvgIpc) is 2.39. The van der Waals surface area contributed by atoms with E-state index in [0.29, 0.717) is 5.92 Å². The molecule has 0 saturated heterocycles. The van der Waals surface area contributed by atoms with E-state index in [0.717, 1.165) is 47.8 Å². The molecule has 0 aromatic heterocycles. The van der Waals surface area contributed by atoms with Crippen LogP contribution in [0.4, 0.5) is 0 Å². The number of ether oxygens (including phenoxy) is 1. The Kier molecular flexibility index (Phi) is 6.84. The van der Waals surface area contributed by atoms with Crippen molar-refractivity contribution in [3.63, 3.8) is 0 Å². The molecule has 0 amide bonds. The van der Waals surface area contributed by atoms with Crippen molar-refractivity contribution in [2.45, 2.75) is 65.8 Å². The minimum atomic E-state index is 0.235. The van der Waals surface area contributed by atoms with E-state index >= 15 is 0 Å². The molecule has 114 valence electrons. The van der Waals surface area contributed by atoms with Crippen molar-refractivity contribution in [1.29, 1.82) is 0 Å². The smallest absolute Gasteiger partial charge is 0.123 e. The molecular weight excluding hydrogens is 270 g/mol. The van der Waals surface area contributed by atoms with Crippen molar-refractivity contribution in [2.24, 2.45) is 5.73 Å². The highest BCUT2D eigenvalue weighted by molar-refractivity contribution is 6.32. The van der Waals surface area contributed by atoms with Gasteiger partial charge in [0, 0.05) is 16.6 Å². The monoisotopic (exact) mass is 297 g/mol. The summed E-state index contributed by atoms with van der Waals surface area (Å²) in [5.41, 5.74) is 9.35. The van der Waals surface area contributed by atoms with E-state index in [1.54, 1.807) is 0 Å². The van der Waals surface area contributed by atoms with Gasteiger partial charge < -0.3 is 10.5 Å². The van der Waals surface area contributed by atoms with Gasteiger partial charge in [-0.05, 0) is 63.1 Å². The zero-order valence-corrected chi connectivity index (χ0v) is 14.2. The zero-order valence-electron chi connectivity index (χ0n) is 13.4. The molecule has 1 aromatic carbocycles. The van der Waals surface area contributed by atoms with E-state index in [9.17, 15) is 0 Å². The Hall–Kier alpha value is -0.730. The SMILES string of the molecule is CCCOc1cc(C)c(Cl)c(C)c1C(C)CCC(C)N. The fourth-order valence-corrected chi connectivity index (χ4v) is 2.69. The van der Waals surface area contributed by atoms with Gasteiger partial charge in [-0.1, -0.05) is 25.4 Å². The Morgan fingerprint density at radius 3 is 2.45 bits per heavy atom. The molecule has 0 spiro atoms. The number of hydrogen-bond donors (Lipinski definition) is 1. The molecule has 2 N–H and O–H groups in total. The van der Waals surface area contributed by atoms with Crippen LogP contribution in [0.3, 0.4) is 0 Å². The van der Waals surface area contributed by atoms with Crippen LogP contribution in [0.1, 0.15) is 62.6 Å². The molecule has 0 radical (unpaired) electrons. The highest BCUT2D eigenvalue weighted by atomic mass is 35.5. The number of nitrogens with two attached hydrogens (primary N) is 1. The summed E-state index contributed by atoms with van der Waals surface area (Å²) in [6.07, 6.45) is 3.08. The average molecular weight is 298 g/mol. The molecule has 2 nitrogen and oxygen atoms in total. The summed E-state index contributed by atoms with van der Waals surface area (Å²) in [5.74, 6) is 1.40. The highest BCUT2D eigenvalue weighted by Gasteiger charge is 2.18. The first kappa shape index (κ1) is 17.3. The molecule has 1 aromatic rings. The first-order valence-corrected chi connectivity index (χ1v) is 7.94. The molecule has 2 atom stereocenters. The lowest BCUT2D eigenvalue weighted by molar-refractivity contribution is 0.311. The third-order valence-electron chi connectivity index (χ3n) is 3.70. The van der Waals surface area contributed by atoms with Gasteiger partial charge in [-0.3, -0.25) is 0 Å². The van der Waals surface area contributed by atoms with Crippen LogP contribution in [-0.2, 0) is 0 Å². The molecule has 2 unspecified atom stereocenters. The molecule has 0 aliphatic carbocycles. The fourth-order valence-electron chi connectivity index (χ4n) is 2.54. The summed E-state index contributed by atoms with van der Waals surface area (Å²) < 4.78 is 5.94. The van der Waals surface area contributed by atoms with E-state index in [4.69, 9.17) is 22.1 Å². The van der Waals surface area contributed by atoms with Crippen LogP contribution in [0, 0.1) is 13.8 Å². The van der Waals surface area contributed by atoms with Gasteiger partial charge in [0.05, 0.1) is 6.61 Å². The molecule has 3 heteroatoms. The van der Waals surface area contributed by atoms with Gasteiger partial charge in [0.1, 0.15) is 5.75 Å². The van der Waals surface area contributed by atoms with E-state index in [1.165, 1.54) is 5.56 Å². The Morgan fingerprint density at radius 1 is 1.25 bits per heavy atom. The first-order chi connectivity index (χ1) is 9.38. The summed E-state index contributed by atoms with van der Waals surface area (Å²) in [4.78, 5) is 0. The van der Waals surface area contributed by atoms with Crippen LogP contribution in [0.5, 0.6) is 5.75 Å². The number of benzene rings is 1. The van der Waals surface area contributed by atoms with Crippen molar-refractivity contribution in [2.75, 3.05) is 6.61 Å². The van der Waals surface area contributed by atoms with Crippen LogP contribution < -0.4 is 10.5 Å². The van der Waals surface area contributed by atoms with Crippen LogP contribution in [0.25, 0.3) is 0 Å². The van der Waals surface area contributed by atoms with E-state index in [-0.39, 0.29) is 6.04 Å². The summed E-state index contributed by atoms with van der Waals surface area (Å²) in [6, 6.07) is 2.31. The molecule has 20 heavy (non-hydrogen) atoms. The lowest BCUT2D eigenvalue weighted by atomic mass is 9.89. The molecule has 0 bridgehead atoms. The van der Waals surface area contributed by atoms with Crippen LogP contribution >= 0.6 is 11.6 Å². The van der Waals surface area contributed by atoms with Crippen molar-refractivity contribution >= 4 is 11.6 Å². The second-order valence-corrected chi connectivity index (χ2v) is 6.23. The summed E-state index contributed by atoms with van der Waals surface area (Å²) in [5, 5.41) is 0.858. The Morgan fingerprint density at radius 2 is 1.90 bits per heavy atom. The third kappa shape index (κ3) is 4.39. The summed E-state index contributed by atoms with van der Waals surface area (Å²) in [7, 11) is 0. The minimum Gasteiger partial charge on any atom is -0.493 e. The number of hydrogen-bond acceptors (Lipinski definition) is 2. The van der Waals surface area contributed by atoms with Crippen molar-refractivity contribution < 1.29 is 4.74 Å². The van der Waals surface area contributed by atoms with Crippen LogP contribution in [0.2, 0.25) is 5.02 Å². The zero-order chi connectivity index (χ0) is 15.3. The first-order valence-electron chi connectivity index (χ1n) is 7.56. The van der Waals surface area contributed by atoms with E-state index in [1.807, 2.05) is 6.92 Å². The molecular formula is C17H28ClNO. The third-order valence-corrected chi connectivity index (χ3v) is 4.28. The van der Waals surface area contributed by atoms with Gasteiger partial charge in [-0.15, -0.1) is 0 Å². The molecule has 0 heterocycles. The predicted octanol–water partition coefficient (Wildman–Crippen LogP) is 4.98. The number of aryl methyl sites for hydroxylation is 1. The topological polar surface area (TPSA) is 35.2 Å². The lowest BCUT2D eigenvalue weighted by Crippen LogP contribution is -2.16. The van der Waals surface area contributed by atoms with Gasteiger partial charge in [-0.2, -0.15) is 0 Å². The molecule has 0 aliphatic rings. The maximum Gasteiger partial charge on any atom is 0.123 e. The highest BCUT2D eigenvalue weighted by Crippen LogP contribution is 2.38. The van der Waals surface area contributed by atoms with Crippen molar-refractivity contribution in [3.05, 3.63) is 27.8 Å². The van der Waals surface area contributed by atoms with Gasteiger partial charge in [0.25, 0.3) is 0 Å². The minimum absolute atomic E-state index is 0.235. The van der Waals surface area contributed by atoms with Gasteiger partial charge in [0.2, 0.25) is 0 Å². The Balaban J connectivity index is 3.09. The number of rotatable bonds is 7. The molecule has 1 rings (SSSR count). The van der Waals surface area contributed by atoms with E-state index in [2.05, 4.69) is 33.8 Å². The fraction of sp³-hybridized carbons (Fsp3) is 0.647.